The van der Waals surface area contributed by atoms with Crippen LogP contribution < -0.4 is 0 Å². The molecule has 0 saturated carbocycles. The fourth-order valence-electron chi connectivity index (χ4n) is 1.81. The zero-order valence-electron chi connectivity index (χ0n) is 9.19. The summed E-state index contributed by atoms with van der Waals surface area (Å²) < 4.78 is 1.56. The molecule has 0 aliphatic heterocycles. The van der Waals surface area contributed by atoms with Crippen molar-refractivity contribution in [2.24, 2.45) is 0 Å². The highest BCUT2D eigenvalue weighted by molar-refractivity contribution is 9.11. The van der Waals surface area contributed by atoms with Crippen molar-refractivity contribution in [1.82, 2.24) is 0 Å². The third-order valence-corrected chi connectivity index (χ3v) is 3.92. The molecule has 0 radical (unpaired) electrons. The van der Waals surface area contributed by atoms with Gasteiger partial charge in [-0.1, -0.05) is 56.1 Å². The van der Waals surface area contributed by atoms with Crippen molar-refractivity contribution in [1.29, 1.82) is 0 Å². The van der Waals surface area contributed by atoms with E-state index in [0.717, 1.165) is 32.6 Å². The molecule has 0 bridgehead atoms. The lowest BCUT2D eigenvalue weighted by Gasteiger charge is -2.12. The second-order valence-electron chi connectivity index (χ2n) is 3.64. The Morgan fingerprint density at radius 3 is 1.44 bits per heavy atom. The van der Waals surface area contributed by atoms with Gasteiger partial charge in [0.2, 0.25) is 0 Å². The van der Waals surface area contributed by atoms with E-state index < -0.39 is 0 Å². The molecule has 0 spiro atoms. The van der Waals surface area contributed by atoms with Crippen LogP contribution in [0.3, 0.4) is 0 Å². The van der Waals surface area contributed by atoms with E-state index in [4.69, 9.17) is 0 Å². The van der Waals surface area contributed by atoms with E-state index in [2.05, 4.69) is 31.9 Å². The lowest BCUT2D eigenvalue weighted by molar-refractivity contribution is 0.111. The maximum Gasteiger partial charge on any atom is 0.150 e. The van der Waals surface area contributed by atoms with Gasteiger partial charge in [0, 0.05) is 31.2 Å². The van der Waals surface area contributed by atoms with Crippen molar-refractivity contribution in [3.05, 3.63) is 56.5 Å². The molecule has 0 aromatic heterocycles. The number of rotatable bonds is 3. The number of hydrogen-bond acceptors (Lipinski definition) is 2. The molecular formula is C14H8Br2O2. The Labute approximate surface area is 121 Å². The number of halogens is 2. The molecule has 2 rings (SSSR count). The average Bonchev–Trinajstić information content (AvgIpc) is 2.38. The molecule has 18 heavy (non-hydrogen) atoms. The van der Waals surface area contributed by atoms with E-state index in [-0.39, 0.29) is 0 Å². The lowest BCUT2D eigenvalue weighted by Crippen LogP contribution is -1.94. The van der Waals surface area contributed by atoms with Crippen molar-refractivity contribution in [3.8, 4) is 11.1 Å². The Morgan fingerprint density at radius 1 is 0.722 bits per heavy atom. The summed E-state index contributed by atoms with van der Waals surface area (Å²) in [6, 6.07) is 10.7. The first kappa shape index (κ1) is 13.2. The third-order valence-electron chi connectivity index (χ3n) is 2.60. The minimum atomic E-state index is 0.541. The van der Waals surface area contributed by atoms with Crippen LogP contribution in [-0.2, 0) is 0 Å². The minimum Gasteiger partial charge on any atom is -0.298 e. The standard InChI is InChI=1S/C14H8Br2O2/c15-11-5-1-3-9(7-17)13(11)14-10(8-18)4-2-6-12(14)16/h1-8H. The molecule has 0 saturated heterocycles. The summed E-state index contributed by atoms with van der Waals surface area (Å²) in [6.07, 6.45) is 1.57. The first-order chi connectivity index (χ1) is 8.69. The fraction of sp³-hybridized carbons (Fsp3) is 0. The summed E-state index contributed by atoms with van der Waals surface area (Å²) in [5, 5.41) is 0. The van der Waals surface area contributed by atoms with Crippen LogP contribution in [0, 0.1) is 0 Å². The number of carbonyl (C=O) groups is 2. The fourth-order valence-corrected chi connectivity index (χ4v) is 2.97. The lowest BCUT2D eigenvalue weighted by atomic mass is 9.96. The van der Waals surface area contributed by atoms with Crippen LogP contribution in [0.1, 0.15) is 20.7 Å². The van der Waals surface area contributed by atoms with Gasteiger partial charge in [0.1, 0.15) is 0 Å². The van der Waals surface area contributed by atoms with Gasteiger partial charge < -0.3 is 0 Å². The van der Waals surface area contributed by atoms with Gasteiger partial charge in [-0.05, 0) is 12.1 Å². The van der Waals surface area contributed by atoms with Crippen LogP contribution in [0.25, 0.3) is 11.1 Å². The molecule has 0 amide bonds. The summed E-state index contributed by atoms with van der Waals surface area (Å²) in [5.74, 6) is 0. The van der Waals surface area contributed by atoms with Gasteiger partial charge in [0.15, 0.2) is 12.6 Å². The monoisotopic (exact) mass is 366 g/mol. The van der Waals surface area contributed by atoms with Gasteiger partial charge >= 0.3 is 0 Å². The summed E-state index contributed by atoms with van der Waals surface area (Å²) in [4.78, 5) is 22.3. The van der Waals surface area contributed by atoms with Gasteiger partial charge in [-0.25, -0.2) is 0 Å². The zero-order chi connectivity index (χ0) is 13.1. The van der Waals surface area contributed by atoms with Crippen LogP contribution in [0.4, 0.5) is 0 Å². The Morgan fingerprint density at radius 2 is 1.11 bits per heavy atom. The SMILES string of the molecule is O=Cc1cccc(Br)c1-c1c(Br)cccc1C=O. The number of aldehydes is 2. The largest absolute Gasteiger partial charge is 0.298 e. The van der Waals surface area contributed by atoms with Crippen LogP contribution in [0.15, 0.2) is 45.3 Å². The molecule has 0 aliphatic carbocycles. The summed E-state index contributed by atoms with van der Waals surface area (Å²) >= 11 is 6.85. The smallest absolute Gasteiger partial charge is 0.150 e. The Bertz CT molecular complexity index is 566. The van der Waals surface area contributed by atoms with Crippen LogP contribution in [0.5, 0.6) is 0 Å². The van der Waals surface area contributed by atoms with Crippen LogP contribution in [-0.4, -0.2) is 12.6 Å². The number of hydrogen-bond donors (Lipinski definition) is 0. The molecule has 0 atom stereocenters. The third kappa shape index (κ3) is 2.31. The van der Waals surface area contributed by atoms with Crippen molar-refractivity contribution >= 4 is 44.4 Å². The molecule has 2 nitrogen and oxygen atoms in total. The van der Waals surface area contributed by atoms with Crippen LogP contribution in [0.2, 0.25) is 0 Å². The Kier molecular flexibility index (Phi) is 4.09. The average molecular weight is 368 g/mol. The van der Waals surface area contributed by atoms with Gasteiger partial charge in [-0.3, -0.25) is 9.59 Å². The number of benzene rings is 2. The highest BCUT2D eigenvalue weighted by atomic mass is 79.9. The molecule has 90 valence electrons. The predicted octanol–water partition coefficient (Wildman–Crippen LogP) is 4.50. The van der Waals surface area contributed by atoms with Gasteiger partial charge in [-0.15, -0.1) is 0 Å². The molecule has 0 aliphatic rings. The molecule has 0 unspecified atom stereocenters. The molecular weight excluding hydrogens is 360 g/mol. The molecule has 0 heterocycles. The second kappa shape index (κ2) is 5.59. The normalized spacial score (nSPS) is 10.1. The van der Waals surface area contributed by atoms with Crippen LogP contribution >= 0.6 is 31.9 Å². The summed E-state index contributed by atoms with van der Waals surface area (Å²) in [7, 11) is 0. The van der Waals surface area contributed by atoms with E-state index in [0.29, 0.717) is 11.1 Å². The van der Waals surface area contributed by atoms with Crippen molar-refractivity contribution in [2.45, 2.75) is 0 Å². The Hall–Kier alpha value is -1.26. The molecule has 4 heteroatoms. The second-order valence-corrected chi connectivity index (χ2v) is 5.35. The summed E-state index contributed by atoms with van der Waals surface area (Å²) in [6.45, 7) is 0. The van der Waals surface area contributed by atoms with Crippen molar-refractivity contribution in [2.75, 3.05) is 0 Å². The highest BCUT2D eigenvalue weighted by Crippen LogP contribution is 2.37. The molecule has 2 aromatic carbocycles. The van der Waals surface area contributed by atoms with Gasteiger partial charge in [-0.2, -0.15) is 0 Å². The maximum absolute atomic E-state index is 11.1. The van der Waals surface area contributed by atoms with E-state index in [1.54, 1.807) is 24.3 Å². The van der Waals surface area contributed by atoms with E-state index in [1.165, 1.54) is 0 Å². The topological polar surface area (TPSA) is 34.1 Å². The molecule has 0 fully saturated rings. The van der Waals surface area contributed by atoms with E-state index in [1.807, 2.05) is 12.1 Å². The van der Waals surface area contributed by atoms with Gasteiger partial charge in [0.25, 0.3) is 0 Å². The van der Waals surface area contributed by atoms with E-state index in [9.17, 15) is 9.59 Å². The van der Waals surface area contributed by atoms with Crippen molar-refractivity contribution < 1.29 is 9.59 Å². The van der Waals surface area contributed by atoms with E-state index >= 15 is 0 Å². The summed E-state index contributed by atoms with van der Waals surface area (Å²) in [5.41, 5.74) is 2.53. The number of carbonyl (C=O) groups excluding carboxylic acids is 2. The quantitative estimate of drug-likeness (QED) is 0.748. The maximum atomic E-state index is 11.1. The zero-order valence-corrected chi connectivity index (χ0v) is 12.4. The molecule has 0 N–H and O–H groups in total. The van der Waals surface area contributed by atoms with Gasteiger partial charge in [0.05, 0.1) is 0 Å². The highest BCUT2D eigenvalue weighted by Gasteiger charge is 2.15. The first-order valence-corrected chi connectivity index (χ1v) is 6.75. The first-order valence-electron chi connectivity index (χ1n) is 5.16. The minimum absolute atomic E-state index is 0.541. The predicted molar refractivity (Wildman–Crippen MR) is 78.1 cm³/mol. The molecule has 2 aromatic rings. The Balaban J connectivity index is 2.84. The van der Waals surface area contributed by atoms with Crippen molar-refractivity contribution in [3.63, 3.8) is 0 Å².